The van der Waals surface area contributed by atoms with Crippen molar-refractivity contribution in [3.8, 4) is 0 Å². The highest BCUT2D eigenvalue weighted by molar-refractivity contribution is 5.56. The molecule has 5 nitrogen and oxygen atoms in total. The Kier molecular flexibility index (Phi) is 3.92. The number of anilines is 1. The van der Waals surface area contributed by atoms with Crippen LogP contribution in [-0.2, 0) is 0 Å². The van der Waals surface area contributed by atoms with E-state index in [1.165, 1.54) is 12.0 Å². The van der Waals surface area contributed by atoms with Crippen LogP contribution in [0.1, 0.15) is 31.2 Å². The van der Waals surface area contributed by atoms with Gasteiger partial charge in [-0.25, -0.2) is 4.98 Å². The van der Waals surface area contributed by atoms with Crippen molar-refractivity contribution in [1.82, 2.24) is 4.98 Å². The van der Waals surface area contributed by atoms with Crippen LogP contribution in [-0.4, -0.2) is 16.5 Å². The second-order valence-corrected chi connectivity index (χ2v) is 4.57. The van der Waals surface area contributed by atoms with Gasteiger partial charge in [-0.2, -0.15) is 0 Å². The molecule has 0 amide bonds. The third kappa shape index (κ3) is 3.06. The maximum Gasteiger partial charge on any atom is 0.311 e. The highest BCUT2D eigenvalue weighted by atomic mass is 16.6. The minimum atomic E-state index is -0.392. The molecule has 0 aromatic carbocycles. The standard InChI is InChI=1S/C13H17N3O2/c1-10-8-12(16(17)18)13(15-9-10)14-7-6-11-4-2-3-5-11/h4,8-9H,2-3,5-7H2,1H3,(H,14,15). The molecule has 2 rings (SSSR count). The zero-order valence-electron chi connectivity index (χ0n) is 10.5. The minimum Gasteiger partial charge on any atom is -0.364 e. The van der Waals surface area contributed by atoms with E-state index in [9.17, 15) is 10.1 Å². The molecule has 1 aliphatic rings. The Morgan fingerprint density at radius 1 is 1.56 bits per heavy atom. The van der Waals surface area contributed by atoms with E-state index in [1.54, 1.807) is 19.2 Å². The van der Waals surface area contributed by atoms with E-state index in [4.69, 9.17) is 0 Å². The Morgan fingerprint density at radius 3 is 3.06 bits per heavy atom. The first kappa shape index (κ1) is 12.5. The first-order chi connectivity index (χ1) is 8.66. The van der Waals surface area contributed by atoms with Crippen LogP contribution in [0.5, 0.6) is 0 Å². The first-order valence-electron chi connectivity index (χ1n) is 6.19. The molecular weight excluding hydrogens is 230 g/mol. The molecule has 0 bridgehead atoms. The molecule has 18 heavy (non-hydrogen) atoms. The average Bonchev–Trinajstić information content (AvgIpc) is 2.84. The second kappa shape index (κ2) is 5.62. The van der Waals surface area contributed by atoms with Crippen molar-refractivity contribution in [1.29, 1.82) is 0 Å². The maximum absolute atomic E-state index is 10.9. The lowest BCUT2D eigenvalue weighted by Crippen LogP contribution is -2.07. The number of aromatic nitrogens is 1. The van der Waals surface area contributed by atoms with Crippen LogP contribution in [0.2, 0.25) is 0 Å². The lowest BCUT2D eigenvalue weighted by atomic mass is 10.2. The second-order valence-electron chi connectivity index (χ2n) is 4.57. The third-order valence-electron chi connectivity index (χ3n) is 3.07. The number of nitrogens with zero attached hydrogens (tertiary/aromatic N) is 2. The Bertz CT molecular complexity index is 483. The van der Waals surface area contributed by atoms with Gasteiger partial charge in [-0.1, -0.05) is 11.6 Å². The Hall–Kier alpha value is -1.91. The van der Waals surface area contributed by atoms with Crippen molar-refractivity contribution >= 4 is 11.5 Å². The van der Waals surface area contributed by atoms with Crippen LogP contribution in [0.3, 0.4) is 0 Å². The summed E-state index contributed by atoms with van der Waals surface area (Å²) >= 11 is 0. The lowest BCUT2D eigenvalue weighted by Gasteiger charge is -2.07. The predicted molar refractivity (Wildman–Crippen MR) is 70.7 cm³/mol. The molecule has 0 saturated heterocycles. The van der Waals surface area contributed by atoms with Crippen molar-refractivity contribution in [3.05, 3.63) is 39.6 Å². The molecule has 0 atom stereocenters. The number of nitro groups is 1. The monoisotopic (exact) mass is 247 g/mol. The SMILES string of the molecule is Cc1cnc(NCCC2=CCCC2)c([N+](=O)[O-])c1. The maximum atomic E-state index is 10.9. The van der Waals surface area contributed by atoms with Crippen molar-refractivity contribution in [3.63, 3.8) is 0 Å². The Balaban J connectivity index is 1.98. The lowest BCUT2D eigenvalue weighted by molar-refractivity contribution is -0.384. The number of rotatable bonds is 5. The van der Waals surface area contributed by atoms with Crippen LogP contribution in [0, 0.1) is 17.0 Å². The van der Waals surface area contributed by atoms with Gasteiger partial charge in [0.1, 0.15) is 0 Å². The van der Waals surface area contributed by atoms with Crippen molar-refractivity contribution in [2.24, 2.45) is 0 Å². The van der Waals surface area contributed by atoms with Gasteiger partial charge in [0, 0.05) is 18.8 Å². The summed E-state index contributed by atoms with van der Waals surface area (Å²) in [6.07, 6.45) is 8.40. The Labute approximate surface area is 106 Å². The molecule has 1 N–H and O–H groups in total. The summed E-state index contributed by atoms with van der Waals surface area (Å²) in [5.41, 5.74) is 2.29. The van der Waals surface area contributed by atoms with Crippen LogP contribution < -0.4 is 5.32 Å². The molecule has 0 radical (unpaired) electrons. The summed E-state index contributed by atoms with van der Waals surface area (Å²) in [7, 11) is 0. The Morgan fingerprint density at radius 2 is 2.39 bits per heavy atom. The molecule has 0 unspecified atom stereocenters. The van der Waals surface area contributed by atoms with Gasteiger partial charge in [0.2, 0.25) is 5.82 Å². The number of hydrogen-bond acceptors (Lipinski definition) is 4. The number of aryl methyl sites for hydroxylation is 1. The quantitative estimate of drug-likeness (QED) is 0.493. The number of allylic oxidation sites excluding steroid dienone is 1. The molecule has 0 aliphatic heterocycles. The van der Waals surface area contributed by atoms with Crippen LogP contribution in [0.15, 0.2) is 23.9 Å². The van der Waals surface area contributed by atoms with E-state index in [0.717, 1.165) is 24.8 Å². The topological polar surface area (TPSA) is 68.1 Å². The molecule has 1 aliphatic carbocycles. The number of pyridine rings is 1. The van der Waals surface area contributed by atoms with E-state index in [1.807, 2.05) is 0 Å². The van der Waals surface area contributed by atoms with E-state index >= 15 is 0 Å². The third-order valence-corrected chi connectivity index (χ3v) is 3.07. The van der Waals surface area contributed by atoms with Crippen molar-refractivity contribution < 1.29 is 4.92 Å². The normalized spacial score (nSPS) is 14.4. The fourth-order valence-corrected chi connectivity index (χ4v) is 2.14. The highest BCUT2D eigenvalue weighted by Gasteiger charge is 2.15. The molecule has 1 heterocycles. The molecule has 1 aromatic rings. The summed E-state index contributed by atoms with van der Waals surface area (Å²) in [4.78, 5) is 14.6. The summed E-state index contributed by atoms with van der Waals surface area (Å²) in [6, 6.07) is 1.55. The van der Waals surface area contributed by atoms with Gasteiger partial charge in [-0.3, -0.25) is 10.1 Å². The van der Waals surface area contributed by atoms with Gasteiger partial charge in [-0.05, 0) is 38.2 Å². The van der Waals surface area contributed by atoms with Crippen LogP contribution in [0.25, 0.3) is 0 Å². The highest BCUT2D eigenvalue weighted by Crippen LogP contribution is 2.24. The van der Waals surface area contributed by atoms with Gasteiger partial charge in [-0.15, -0.1) is 0 Å². The molecular formula is C13H17N3O2. The van der Waals surface area contributed by atoms with Crippen molar-refractivity contribution in [2.75, 3.05) is 11.9 Å². The first-order valence-corrected chi connectivity index (χ1v) is 6.19. The summed E-state index contributed by atoms with van der Waals surface area (Å²) < 4.78 is 0. The minimum absolute atomic E-state index is 0.0513. The summed E-state index contributed by atoms with van der Waals surface area (Å²) in [5.74, 6) is 0.365. The molecule has 96 valence electrons. The molecule has 0 fully saturated rings. The molecule has 5 heteroatoms. The van der Waals surface area contributed by atoms with E-state index in [0.29, 0.717) is 12.4 Å². The zero-order valence-corrected chi connectivity index (χ0v) is 10.5. The van der Waals surface area contributed by atoms with E-state index in [2.05, 4.69) is 16.4 Å². The zero-order chi connectivity index (χ0) is 13.0. The smallest absolute Gasteiger partial charge is 0.311 e. The van der Waals surface area contributed by atoms with E-state index < -0.39 is 4.92 Å². The largest absolute Gasteiger partial charge is 0.364 e. The fraction of sp³-hybridized carbons (Fsp3) is 0.462. The van der Waals surface area contributed by atoms with Crippen molar-refractivity contribution in [2.45, 2.75) is 32.6 Å². The van der Waals surface area contributed by atoms with Crippen LogP contribution >= 0.6 is 0 Å². The number of hydrogen-bond donors (Lipinski definition) is 1. The summed E-state index contributed by atoms with van der Waals surface area (Å²) in [6.45, 7) is 2.50. The predicted octanol–water partition coefficient (Wildman–Crippen LogP) is 3.21. The molecule has 0 saturated carbocycles. The number of nitrogens with one attached hydrogen (secondary N) is 1. The van der Waals surface area contributed by atoms with Gasteiger partial charge < -0.3 is 5.32 Å². The van der Waals surface area contributed by atoms with E-state index in [-0.39, 0.29) is 5.69 Å². The van der Waals surface area contributed by atoms with Gasteiger partial charge in [0.25, 0.3) is 0 Å². The average molecular weight is 247 g/mol. The van der Waals surface area contributed by atoms with Crippen LogP contribution in [0.4, 0.5) is 11.5 Å². The van der Waals surface area contributed by atoms with Gasteiger partial charge in [0.05, 0.1) is 4.92 Å². The van der Waals surface area contributed by atoms with Gasteiger partial charge in [0.15, 0.2) is 0 Å². The fourth-order valence-electron chi connectivity index (χ4n) is 2.14. The summed E-state index contributed by atoms with van der Waals surface area (Å²) in [5, 5.41) is 14.0. The van der Waals surface area contributed by atoms with Gasteiger partial charge >= 0.3 is 5.69 Å². The molecule has 1 aromatic heterocycles. The molecule has 0 spiro atoms.